The van der Waals surface area contributed by atoms with E-state index in [9.17, 15) is 31.9 Å². The SMILES string of the molecule is CC1(NC(=O)c2c(F)cccc2F)CCN(C(=O)OCc2ccccc2)CC1.CC1(NC(=O)c2c(F)cccc2F)CCNCC1. The highest BCUT2D eigenvalue weighted by Crippen LogP contribution is 2.24. The van der Waals surface area contributed by atoms with E-state index in [0.717, 1.165) is 55.8 Å². The van der Waals surface area contributed by atoms with Crippen LogP contribution >= 0.6 is 0 Å². The summed E-state index contributed by atoms with van der Waals surface area (Å²) in [7, 11) is 0. The van der Waals surface area contributed by atoms with Gasteiger partial charge in [-0.25, -0.2) is 22.4 Å². The number of carbonyl (C=O) groups excluding carboxylic acids is 3. The molecular weight excluding hydrogens is 604 g/mol. The van der Waals surface area contributed by atoms with Gasteiger partial charge in [-0.05, 0) is 82.4 Å². The number of hydrogen-bond acceptors (Lipinski definition) is 5. The van der Waals surface area contributed by atoms with Crippen molar-refractivity contribution in [2.24, 2.45) is 0 Å². The second-order valence-electron chi connectivity index (χ2n) is 12.0. The Hall–Kier alpha value is -4.45. The number of halogens is 4. The van der Waals surface area contributed by atoms with E-state index < -0.39 is 63.4 Å². The van der Waals surface area contributed by atoms with Crippen molar-refractivity contribution in [1.82, 2.24) is 20.9 Å². The highest BCUT2D eigenvalue weighted by Gasteiger charge is 2.35. The Morgan fingerprint density at radius 1 is 0.696 bits per heavy atom. The lowest BCUT2D eigenvalue weighted by molar-refractivity contribution is 0.0692. The predicted molar refractivity (Wildman–Crippen MR) is 164 cm³/mol. The quantitative estimate of drug-likeness (QED) is 0.299. The smallest absolute Gasteiger partial charge is 0.410 e. The molecule has 5 rings (SSSR count). The largest absolute Gasteiger partial charge is 0.445 e. The lowest BCUT2D eigenvalue weighted by Gasteiger charge is -2.39. The van der Waals surface area contributed by atoms with E-state index in [1.54, 1.807) is 11.8 Å². The van der Waals surface area contributed by atoms with Gasteiger partial charge in [0, 0.05) is 24.2 Å². The van der Waals surface area contributed by atoms with Gasteiger partial charge in [0.1, 0.15) is 41.0 Å². The van der Waals surface area contributed by atoms with Crippen LogP contribution in [0.3, 0.4) is 0 Å². The molecule has 46 heavy (non-hydrogen) atoms. The summed E-state index contributed by atoms with van der Waals surface area (Å²) in [5, 5.41) is 8.62. The zero-order chi connectivity index (χ0) is 33.3. The lowest BCUT2D eigenvalue weighted by atomic mass is 9.89. The molecule has 12 heteroatoms. The first kappa shape index (κ1) is 34.4. The van der Waals surface area contributed by atoms with Crippen molar-refractivity contribution < 1.29 is 36.7 Å². The minimum Gasteiger partial charge on any atom is -0.445 e. The third-order valence-electron chi connectivity index (χ3n) is 8.25. The molecule has 0 bridgehead atoms. The molecule has 2 aliphatic rings. The van der Waals surface area contributed by atoms with Crippen molar-refractivity contribution in [2.75, 3.05) is 26.2 Å². The second kappa shape index (κ2) is 15.2. The van der Waals surface area contributed by atoms with Crippen LogP contribution in [0.5, 0.6) is 0 Å². The second-order valence-corrected chi connectivity index (χ2v) is 12.0. The molecule has 0 aliphatic carbocycles. The Morgan fingerprint density at radius 2 is 1.13 bits per heavy atom. The molecule has 0 saturated carbocycles. The normalized spacial score (nSPS) is 16.8. The van der Waals surface area contributed by atoms with E-state index in [2.05, 4.69) is 16.0 Å². The van der Waals surface area contributed by atoms with Gasteiger partial charge in [-0.1, -0.05) is 42.5 Å². The third-order valence-corrected chi connectivity index (χ3v) is 8.25. The van der Waals surface area contributed by atoms with Gasteiger partial charge in [-0.2, -0.15) is 0 Å². The fourth-order valence-electron chi connectivity index (χ4n) is 5.32. The maximum atomic E-state index is 13.8. The van der Waals surface area contributed by atoms with Crippen LogP contribution in [0, 0.1) is 23.3 Å². The van der Waals surface area contributed by atoms with Crippen molar-refractivity contribution in [3.63, 3.8) is 0 Å². The molecule has 2 fully saturated rings. The van der Waals surface area contributed by atoms with Gasteiger partial charge in [0.25, 0.3) is 11.8 Å². The summed E-state index contributed by atoms with van der Waals surface area (Å²) in [6.07, 6.45) is 1.98. The number of amides is 3. The van der Waals surface area contributed by atoms with Crippen molar-refractivity contribution in [3.8, 4) is 0 Å². The van der Waals surface area contributed by atoms with Crippen molar-refractivity contribution in [2.45, 2.75) is 57.2 Å². The number of nitrogens with one attached hydrogen (secondary N) is 3. The molecule has 0 spiro atoms. The molecular formula is C34H38F4N4O4. The molecule has 3 aromatic carbocycles. The first-order chi connectivity index (χ1) is 21.9. The fraction of sp³-hybridized carbons (Fsp3) is 0.382. The van der Waals surface area contributed by atoms with Gasteiger partial charge in [0.2, 0.25) is 0 Å². The van der Waals surface area contributed by atoms with E-state index in [0.29, 0.717) is 25.9 Å². The summed E-state index contributed by atoms with van der Waals surface area (Å²) in [5.41, 5.74) is -1.26. The van der Waals surface area contributed by atoms with Crippen LogP contribution in [0.25, 0.3) is 0 Å². The van der Waals surface area contributed by atoms with E-state index in [1.807, 2.05) is 37.3 Å². The zero-order valence-corrected chi connectivity index (χ0v) is 25.8. The van der Waals surface area contributed by atoms with Crippen LogP contribution in [-0.4, -0.2) is 60.1 Å². The summed E-state index contributed by atoms with van der Waals surface area (Å²) in [6, 6.07) is 16.1. The van der Waals surface area contributed by atoms with Gasteiger partial charge in [-0.15, -0.1) is 0 Å². The number of hydrogen-bond donors (Lipinski definition) is 3. The monoisotopic (exact) mass is 642 g/mol. The Bertz CT molecular complexity index is 1480. The molecule has 246 valence electrons. The Balaban J connectivity index is 0.000000230. The number of nitrogens with zero attached hydrogens (tertiary/aromatic N) is 1. The van der Waals surface area contributed by atoms with Crippen LogP contribution in [0.1, 0.15) is 65.8 Å². The molecule has 2 saturated heterocycles. The average molecular weight is 643 g/mol. The van der Waals surface area contributed by atoms with Crippen LogP contribution in [0.4, 0.5) is 22.4 Å². The summed E-state index contributed by atoms with van der Waals surface area (Å²) in [5.74, 6) is -4.94. The van der Waals surface area contributed by atoms with Gasteiger partial charge < -0.3 is 25.6 Å². The summed E-state index contributed by atoms with van der Waals surface area (Å²) < 4.78 is 59.9. The standard InChI is InChI=1S/C21H22F2N2O3.C13H16F2N2O/c1-21(24-19(26)18-16(22)8-5-9-17(18)23)10-12-25(13-11-21)20(27)28-14-15-6-3-2-4-7-15;1-13(5-7-16-8-6-13)17-12(18)11-9(14)3-2-4-10(11)15/h2-9H,10-14H2,1H3,(H,24,26);2-4,16H,5-8H2,1H3,(H,17,18). The molecule has 8 nitrogen and oxygen atoms in total. The van der Waals surface area contributed by atoms with E-state index in [4.69, 9.17) is 4.74 Å². The molecule has 0 unspecified atom stereocenters. The molecule has 3 N–H and O–H groups in total. The van der Waals surface area contributed by atoms with Crippen molar-refractivity contribution in [1.29, 1.82) is 0 Å². The lowest BCUT2D eigenvalue weighted by Crippen LogP contribution is -2.54. The fourth-order valence-corrected chi connectivity index (χ4v) is 5.32. The molecule has 0 radical (unpaired) electrons. The van der Waals surface area contributed by atoms with E-state index in [1.165, 1.54) is 12.1 Å². The molecule has 2 heterocycles. The molecule has 0 aromatic heterocycles. The Labute approximate surface area is 265 Å². The third kappa shape index (κ3) is 9.06. The van der Waals surface area contributed by atoms with E-state index in [-0.39, 0.29) is 6.61 Å². The van der Waals surface area contributed by atoms with E-state index >= 15 is 0 Å². The Morgan fingerprint density at radius 3 is 1.59 bits per heavy atom. The number of ether oxygens (including phenoxy) is 1. The first-order valence-electron chi connectivity index (χ1n) is 15.1. The number of likely N-dealkylation sites (tertiary alicyclic amines) is 1. The summed E-state index contributed by atoms with van der Waals surface area (Å²) in [4.78, 5) is 38.1. The van der Waals surface area contributed by atoms with Crippen LogP contribution in [0.15, 0.2) is 66.7 Å². The van der Waals surface area contributed by atoms with Crippen LogP contribution < -0.4 is 16.0 Å². The maximum Gasteiger partial charge on any atom is 0.410 e. The minimum atomic E-state index is -0.900. The molecule has 0 atom stereocenters. The van der Waals surface area contributed by atoms with Gasteiger partial charge in [0.05, 0.1) is 0 Å². The minimum absolute atomic E-state index is 0.191. The number of piperidine rings is 2. The highest BCUT2D eigenvalue weighted by molar-refractivity contribution is 5.95. The van der Waals surface area contributed by atoms with Gasteiger partial charge in [0.15, 0.2) is 0 Å². The number of carbonyl (C=O) groups is 3. The molecule has 3 aromatic rings. The average Bonchev–Trinajstić information content (AvgIpc) is 3.01. The number of benzene rings is 3. The maximum absolute atomic E-state index is 13.8. The van der Waals surface area contributed by atoms with Gasteiger partial charge >= 0.3 is 6.09 Å². The highest BCUT2D eigenvalue weighted by atomic mass is 19.1. The van der Waals surface area contributed by atoms with Gasteiger partial charge in [-0.3, -0.25) is 9.59 Å². The van der Waals surface area contributed by atoms with Crippen LogP contribution in [-0.2, 0) is 11.3 Å². The Kier molecular flexibility index (Phi) is 11.4. The summed E-state index contributed by atoms with van der Waals surface area (Å²) in [6.45, 7) is 6.22. The molecule has 2 aliphatic heterocycles. The molecule has 3 amide bonds. The van der Waals surface area contributed by atoms with Crippen molar-refractivity contribution >= 4 is 17.9 Å². The number of rotatable bonds is 6. The summed E-state index contributed by atoms with van der Waals surface area (Å²) >= 11 is 0. The zero-order valence-electron chi connectivity index (χ0n) is 25.8. The van der Waals surface area contributed by atoms with Crippen LogP contribution in [0.2, 0.25) is 0 Å². The van der Waals surface area contributed by atoms with Crippen molar-refractivity contribution in [3.05, 3.63) is 107 Å². The first-order valence-corrected chi connectivity index (χ1v) is 15.1. The topological polar surface area (TPSA) is 99.8 Å². The predicted octanol–water partition coefficient (Wildman–Crippen LogP) is 5.72.